The van der Waals surface area contributed by atoms with Crippen LogP contribution in [0.5, 0.6) is 0 Å². The summed E-state index contributed by atoms with van der Waals surface area (Å²) in [6.07, 6.45) is 4.85. The van der Waals surface area contributed by atoms with Crippen molar-refractivity contribution in [1.82, 2.24) is 0 Å². The maximum absolute atomic E-state index is 13.5. The predicted molar refractivity (Wildman–Crippen MR) is 170 cm³/mol. The van der Waals surface area contributed by atoms with Gasteiger partial charge in [0.1, 0.15) is 12.2 Å². The van der Waals surface area contributed by atoms with E-state index >= 15 is 0 Å². The molecule has 0 aromatic heterocycles. The van der Waals surface area contributed by atoms with E-state index in [1.807, 2.05) is 66.7 Å². The first-order chi connectivity index (χ1) is 20.5. The highest BCUT2D eigenvalue weighted by Gasteiger charge is 2.51. The second-order valence-electron chi connectivity index (χ2n) is 13.6. The molecule has 44 heavy (non-hydrogen) atoms. The molecule has 4 N–H and O–H groups in total. The van der Waals surface area contributed by atoms with E-state index in [2.05, 4.69) is 0 Å². The van der Waals surface area contributed by atoms with Gasteiger partial charge in [0.2, 0.25) is 5.76 Å². The molecule has 1 saturated heterocycles. The van der Waals surface area contributed by atoms with Gasteiger partial charge in [0.25, 0.3) is 0 Å². The molecule has 0 aromatic carbocycles. The van der Waals surface area contributed by atoms with Crippen LogP contribution in [0.1, 0.15) is 75.2 Å². The Kier molecular flexibility index (Phi) is 14.3. The van der Waals surface area contributed by atoms with E-state index in [-0.39, 0.29) is 35.9 Å². The quantitative estimate of drug-likeness (QED) is 0.298. The monoisotopic (exact) mass is 622 g/mol. The Morgan fingerprint density at radius 3 is 2.25 bits per heavy atom. The maximum atomic E-state index is 13.5. The third-order valence-electron chi connectivity index (χ3n) is 9.50. The number of hydrogen-bond donors (Lipinski definition) is 4. The fourth-order valence-corrected chi connectivity index (χ4v) is 6.54. The number of carbonyl (C=O) groups is 1. The van der Waals surface area contributed by atoms with Gasteiger partial charge in [-0.1, -0.05) is 83.9 Å². The highest BCUT2D eigenvalue weighted by atomic mass is 16.6. The Bertz CT molecular complexity index is 1060. The van der Waals surface area contributed by atoms with Crippen LogP contribution in [0.2, 0.25) is 0 Å². The fourth-order valence-electron chi connectivity index (χ4n) is 6.54. The second-order valence-corrected chi connectivity index (χ2v) is 13.6. The van der Waals surface area contributed by atoms with Crippen LogP contribution in [0.25, 0.3) is 0 Å². The molecule has 9 nitrogen and oxygen atoms in total. The Balaban J connectivity index is 2.52. The van der Waals surface area contributed by atoms with Crippen molar-refractivity contribution in [3.8, 4) is 0 Å². The standard InChI is InChI=1S/C35H58O9/c1-19(2)32-24(7)27(36)18-35(40,44-32)26(9)31(38)25(8)33-28(41-10)14-12-13-20(3)15-22(5)30(37)23(6)16-21(4)17-29(42-11)34(39)43-33/h12-14,16-17,19,22-28,30-33,36-38,40H,15,18H2,1-11H3/t22-,23+,24-,25-,26-,27+,28-,30+,31+,32+,33?,35+/m0/s1. The summed E-state index contributed by atoms with van der Waals surface area (Å²) < 4.78 is 23.4. The number of aliphatic hydroxyl groups is 4. The Morgan fingerprint density at radius 1 is 1.05 bits per heavy atom. The van der Waals surface area contributed by atoms with Crippen LogP contribution in [0, 0.1) is 35.5 Å². The van der Waals surface area contributed by atoms with Crippen molar-refractivity contribution in [2.75, 3.05) is 14.2 Å². The van der Waals surface area contributed by atoms with Crippen LogP contribution < -0.4 is 0 Å². The van der Waals surface area contributed by atoms with Gasteiger partial charge in [-0.3, -0.25) is 0 Å². The third kappa shape index (κ3) is 9.50. The van der Waals surface area contributed by atoms with Crippen molar-refractivity contribution < 1.29 is 44.2 Å². The number of aliphatic hydroxyl groups excluding tert-OH is 3. The predicted octanol–water partition coefficient (Wildman–Crippen LogP) is 4.69. The summed E-state index contributed by atoms with van der Waals surface area (Å²) in [6, 6.07) is 0. The molecule has 2 aliphatic rings. The number of esters is 1. The van der Waals surface area contributed by atoms with Crippen LogP contribution in [0.15, 0.2) is 47.3 Å². The normalized spacial score (nSPS) is 36.9. The van der Waals surface area contributed by atoms with Gasteiger partial charge >= 0.3 is 5.97 Å². The molecule has 2 heterocycles. The Labute approximate surface area is 264 Å². The minimum Gasteiger partial charge on any atom is -0.490 e. The molecule has 1 fully saturated rings. The average molecular weight is 623 g/mol. The van der Waals surface area contributed by atoms with Crippen molar-refractivity contribution in [3.63, 3.8) is 0 Å². The van der Waals surface area contributed by atoms with Crippen LogP contribution in [-0.2, 0) is 23.7 Å². The maximum Gasteiger partial charge on any atom is 0.373 e. The SMILES string of the molecule is COC1=CC(C)=C[C@@H](C)[C@H](O)[C@@H](C)CC(C)=CC=C[C@H](OC)C([C@@H](C)[C@@H](O)[C@H](C)[C@@]2(O)C[C@@H](O)[C@H](C)[C@@H](C(C)C)O2)OC1=O. The van der Waals surface area contributed by atoms with Crippen LogP contribution in [0.4, 0.5) is 0 Å². The zero-order valence-corrected chi connectivity index (χ0v) is 28.6. The molecule has 0 bridgehead atoms. The first-order valence-electron chi connectivity index (χ1n) is 15.9. The van der Waals surface area contributed by atoms with Gasteiger partial charge < -0.3 is 39.4 Å². The van der Waals surface area contributed by atoms with Crippen LogP contribution in [0.3, 0.4) is 0 Å². The zero-order valence-electron chi connectivity index (χ0n) is 28.6. The van der Waals surface area contributed by atoms with Gasteiger partial charge in [0.05, 0.1) is 31.5 Å². The lowest BCUT2D eigenvalue weighted by Gasteiger charge is -2.49. The van der Waals surface area contributed by atoms with Crippen molar-refractivity contribution in [1.29, 1.82) is 0 Å². The molecule has 0 radical (unpaired) electrons. The largest absolute Gasteiger partial charge is 0.490 e. The lowest BCUT2D eigenvalue weighted by Crippen LogP contribution is -2.59. The van der Waals surface area contributed by atoms with E-state index in [1.165, 1.54) is 14.2 Å². The van der Waals surface area contributed by atoms with Crippen molar-refractivity contribution in [2.24, 2.45) is 35.5 Å². The minimum atomic E-state index is -1.80. The minimum absolute atomic E-state index is 0.00492. The van der Waals surface area contributed by atoms with Crippen LogP contribution >= 0.6 is 0 Å². The molecule has 1 unspecified atom stereocenters. The summed E-state index contributed by atoms with van der Waals surface area (Å²) in [4.78, 5) is 13.5. The van der Waals surface area contributed by atoms with E-state index in [0.29, 0.717) is 6.42 Å². The highest BCUT2D eigenvalue weighted by molar-refractivity contribution is 5.87. The Hall–Kier alpha value is -2.01. The molecule has 0 spiro atoms. The van der Waals surface area contributed by atoms with Crippen molar-refractivity contribution in [2.45, 2.75) is 118 Å². The number of carbonyl (C=O) groups excluding carboxylic acids is 1. The summed E-state index contributed by atoms with van der Waals surface area (Å²) in [6.45, 7) is 17.0. The molecule has 0 amide bonds. The smallest absolute Gasteiger partial charge is 0.373 e. The molecule has 252 valence electrons. The number of allylic oxidation sites excluding steroid dienone is 5. The van der Waals surface area contributed by atoms with E-state index < -0.39 is 60.2 Å². The zero-order chi connectivity index (χ0) is 33.5. The number of hydrogen-bond acceptors (Lipinski definition) is 9. The average Bonchev–Trinajstić information content (AvgIpc) is 2.96. The van der Waals surface area contributed by atoms with E-state index in [0.717, 1.165) is 11.1 Å². The van der Waals surface area contributed by atoms with E-state index in [4.69, 9.17) is 18.9 Å². The first-order valence-corrected chi connectivity index (χ1v) is 15.9. The highest BCUT2D eigenvalue weighted by Crippen LogP contribution is 2.41. The summed E-state index contributed by atoms with van der Waals surface area (Å²) >= 11 is 0. The molecule has 12 atom stereocenters. The number of cyclic esters (lactones) is 1. The molecule has 2 rings (SSSR count). The molecule has 2 aliphatic heterocycles. The third-order valence-corrected chi connectivity index (χ3v) is 9.50. The van der Waals surface area contributed by atoms with E-state index in [1.54, 1.807) is 26.0 Å². The summed E-state index contributed by atoms with van der Waals surface area (Å²) in [7, 11) is 2.87. The fraction of sp³-hybridized carbons (Fsp3) is 0.743. The molecule has 0 aliphatic carbocycles. The summed E-state index contributed by atoms with van der Waals surface area (Å²) in [5.74, 6) is -4.49. The molecular formula is C35H58O9. The van der Waals surface area contributed by atoms with Gasteiger partial charge in [0, 0.05) is 37.2 Å². The number of methoxy groups -OCH3 is 2. The topological polar surface area (TPSA) is 135 Å². The van der Waals surface area contributed by atoms with Gasteiger partial charge in [-0.25, -0.2) is 4.79 Å². The lowest BCUT2D eigenvalue weighted by molar-refractivity contribution is -0.328. The lowest BCUT2D eigenvalue weighted by atomic mass is 9.76. The molecule has 0 saturated carbocycles. The van der Waals surface area contributed by atoms with Gasteiger partial charge in [-0.15, -0.1) is 0 Å². The molecule has 0 aromatic rings. The molecular weight excluding hydrogens is 564 g/mol. The number of ether oxygens (including phenoxy) is 4. The second kappa shape index (κ2) is 16.5. The molecule has 9 heteroatoms. The van der Waals surface area contributed by atoms with E-state index in [9.17, 15) is 25.2 Å². The van der Waals surface area contributed by atoms with Crippen LogP contribution in [-0.4, -0.2) is 83.0 Å². The van der Waals surface area contributed by atoms with Crippen molar-refractivity contribution >= 4 is 5.97 Å². The Morgan fingerprint density at radius 2 is 1.68 bits per heavy atom. The van der Waals surface area contributed by atoms with Gasteiger partial charge in [0.15, 0.2) is 5.79 Å². The van der Waals surface area contributed by atoms with Crippen molar-refractivity contribution in [3.05, 3.63) is 47.3 Å². The number of rotatable bonds is 7. The van der Waals surface area contributed by atoms with Gasteiger partial charge in [-0.2, -0.15) is 0 Å². The van der Waals surface area contributed by atoms with Gasteiger partial charge in [-0.05, 0) is 38.2 Å². The summed E-state index contributed by atoms with van der Waals surface area (Å²) in [5.41, 5.74) is 1.78. The first kappa shape index (κ1) is 38.2. The summed E-state index contributed by atoms with van der Waals surface area (Å²) in [5, 5.41) is 45.0.